The summed E-state index contributed by atoms with van der Waals surface area (Å²) in [5, 5.41) is 0. The van der Waals surface area contributed by atoms with Crippen LogP contribution in [0.1, 0.15) is 23.9 Å². The lowest BCUT2D eigenvalue weighted by molar-refractivity contribution is 0.184. The number of hydrogen-bond donors (Lipinski definition) is 0. The van der Waals surface area contributed by atoms with Crippen molar-refractivity contribution in [2.24, 2.45) is 7.05 Å². The van der Waals surface area contributed by atoms with Crippen molar-refractivity contribution in [3.05, 3.63) is 62.1 Å². The molecule has 0 saturated carbocycles. The van der Waals surface area contributed by atoms with Crippen LogP contribution >= 0.6 is 0 Å². The molecule has 0 N–H and O–H groups in total. The van der Waals surface area contributed by atoms with Gasteiger partial charge in [-0.2, -0.15) is 4.98 Å². The minimum atomic E-state index is -0.395. The zero-order valence-electron chi connectivity index (χ0n) is 17.4. The molecule has 0 fully saturated rings. The van der Waals surface area contributed by atoms with Gasteiger partial charge in [-0.15, -0.1) is 0 Å². The van der Waals surface area contributed by atoms with Crippen molar-refractivity contribution >= 4 is 16.9 Å². The highest BCUT2D eigenvalue weighted by Gasteiger charge is 2.23. The molecule has 0 aliphatic rings. The first-order valence-electron chi connectivity index (χ1n) is 9.68. The lowest BCUT2D eigenvalue weighted by Gasteiger charge is -2.08. The number of nitrogens with zero attached hydrogens (tertiary/aromatic N) is 5. The topological polar surface area (TPSA) is 75.5 Å². The lowest BCUT2D eigenvalue weighted by atomic mass is 10.1. The molecule has 0 atom stereocenters. The van der Waals surface area contributed by atoms with Crippen molar-refractivity contribution in [3.63, 3.8) is 0 Å². The van der Waals surface area contributed by atoms with Crippen molar-refractivity contribution < 1.29 is 4.74 Å². The molecule has 0 saturated heterocycles. The molecule has 4 rings (SSSR count). The van der Waals surface area contributed by atoms with Crippen LogP contribution in [0, 0.1) is 13.8 Å². The maximum atomic E-state index is 13.2. The van der Waals surface area contributed by atoms with E-state index in [9.17, 15) is 9.59 Å². The molecule has 8 nitrogen and oxygen atoms in total. The van der Waals surface area contributed by atoms with E-state index in [4.69, 9.17) is 9.72 Å². The summed E-state index contributed by atoms with van der Waals surface area (Å²) in [6.07, 6.45) is 0.968. The molecule has 0 amide bonds. The summed E-state index contributed by atoms with van der Waals surface area (Å²) in [6.45, 7) is 6.57. The van der Waals surface area contributed by atoms with Gasteiger partial charge in [0, 0.05) is 31.2 Å². The van der Waals surface area contributed by atoms with Crippen molar-refractivity contribution in [1.82, 2.24) is 23.1 Å². The number of rotatable bonds is 5. The third-order valence-corrected chi connectivity index (χ3v) is 5.64. The number of imidazole rings is 2. The smallest absolute Gasteiger partial charge is 0.332 e. The van der Waals surface area contributed by atoms with E-state index < -0.39 is 5.69 Å². The summed E-state index contributed by atoms with van der Waals surface area (Å²) in [5.41, 5.74) is 4.17. The highest BCUT2D eigenvalue weighted by atomic mass is 16.5. The van der Waals surface area contributed by atoms with Gasteiger partial charge in [-0.1, -0.05) is 19.1 Å². The van der Waals surface area contributed by atoms with Gasteiger partial charge in [-0.05, 0) is 38.0 Å². The van der Waals surface area contributed by atoms with E-state index in [2.05, 4.69) is 31.2 Å². The zero-order chi connectivity index (χ0) is 20.9. The van der Waals surface area contributed by atoms with Crippen molar-refractivity contribution in [1.29, 1.82) is 0 Å². The Hall–Kier alpha value is -3.13. The van der Waals surface area contributed by atoms with E-state index in [1.54, 1.807) is 14.2 Å². The maximum Gasteiger partial charge on any atom is 0.332 e. The average Bonchev–Trinajstić information content (AvgIpc) is 3.22. The molecule has 1 aromatic carbocycles. The van der Waals surface area contributed by atoms with E-state index in [-0.39, 0.29) is 18.7 Å². The molecule has 0 radical (unpaired) electrons. The first-order chi connectivity index (χ1) is 13.9. The fourth-order valence-electron chi connectivity index (χ4n) is 3.82. The Morgan fingerprint density at radius 3 is 2.38 bits per heavy atom. The van der Waals surface area contributed by atoms with Gasteiger partial charge < -0.3 is 4.74 Å². The molecular formula is C21H25N5O3. The number of benzene rings is 1. The Morgan fingerprint density at radius 2 is 1.76 bits per heavy atom. The summed E-state index contributed by atoms with van der Waals surface area (Å²) < 4.78 is 11.6. The van der Waals surface area contributed by atoms with Crippen molar-refractivity contribution in [2.75, 3.05) is 13.7 Å². The van der Waals surface area contributed by atoms with Gasteiger partial charge in [-0.3, -0.25) is 22.9 Å². The van der Waals surface area contributed by atoms with Crippen LogP contribution in [0.15, 0.2) is 33.9 Å². The predicted octanol–water partition coefficient (Wildman–Crippen LogP) is 1.96. The van der Waals surface area contributed by atoms with Crippen LogP contribution in [-0.2, 0) is 24.8 Å². The monoisotopic (exact) mass is 395 g/mol. The molecule has 0 aliphatic heterocycles. The number of methoxy groups -OCH3 is 1. The van der Waals surface area contributed by atoms with Gasteiger partial charge in [0.2, 0.25) is 5.78 Å². The van der Waals surface area contributed by atoms with Gasteiger partial charge in [0.05, 0.1) is 13.2 Å². The molecule has 0 unspecified atom stereocenters. The SMILES string of the molecule is CCc1ccc(-n2c(C)c(C)n3c4c(=O)n(CCOC)c(=O)n(C)c4nc23)cc1. The largest absolute Gasteiger partial charge is 0.383 e. The lowest BCUT2D eigenvalue weighted by Crippen LogP contribution is -2.40. The highest BCUT2D eigenvalue weighted by Crippen LogP contribution is 2.24. The Morgan fingerprint density at radius 1 is 1.07 bits per heavy atom. The van der Waals surface area contributed by atoms with Gasteiger partial charge in [0.15, 0.2) is 11.2 Å². The molecule has 3 heterocycles. The fourth-order valence-corrected chi connectivity index (χ4v) is 3.82. The van der Waals surface area contributed by atoms with E-state index in [1.807, 2.05) is 22.8 Å². The summed E-state index contributed by atoms with van der Waals surface area (Å²) in [6, 6.07) is 8.30. The third kappa shape index (κ3) is 2.74. The normalized spacial score (nSPS) is 11.8. The van der Waals surface area contributed by atoms with Crippen LogP contribution in [0.25, 0.3) is 22.6 Å². The highest BCUT2D eigenvalue weighted by molar-refractivity contribution is 5.77. The van der Waals surface area contributed by atoms with Gasteiger partial charge in [0.25, 0.3) is 5.56 Å². The van der Waals surface area contributed by atoms with Gasteiger partial charge in [-0.25, -0.2) is 4.79 Å². The Bertz CT molecular complexity index is 1340. The van der Waals surface area contributed by atoms with E-state index >= 15 is 0 Å². The van der Waals surface area contributed by atoms with Crippen LogP contribution in [0.4, 0.5) is 0 Å². The third-order valence-electron chi connectivity index (χ3n) is 5.64. The minimum absolute atomic E-state index is 0.197. The molecular weight excluding hydrogens is 370 g/mol. The van der Waals surface area contributed by atoms with Crippen molar-refractivity contribution in [2.45, 2.75) is 33.7 Å². The second kappa shape index (κ2) is 7.04. The molecule has 0 bridgehead atoms. The first-order valence-corrected chi connectivity index (χ1v) is 9.68. The molecule has 8 heteroatoms. The number of hydrogen-bond acceptors (Lipinski definition) is 4. The molecule has 29 heavy (non-hydrogen) atoms. The summed E-state index contributed by atoms with van der Waals surface area (Å²) in [5.74, 6) is 0.621. The molecule has 3 aromatic heterocycles. The predicted molar refractivity (Wildman–Crippen MR) is 112 cm³/mol. The second-order valence-electron chi connectivity index (χ2n) is 7.24. The zero-order valence-corrected chi connectivity index (χ0v) is 17.4. The Labute approximate surface area is 167 Å². The quantitative estimate of drug-likeness (QED) is 0.518. The van der Waals surface area contributed by atoms with E-state index in [1.165, 1.54) is 14.7 Å². The first kappa shape index (κ1) is 19.2. The molecule has 0 spiro atoms. The molecule has 0 aliphatic carbocycles. The average molecular weight is 395 g/mol. The Kier molecular flexibility index (Phi) is 4.66. The number of fused-ring (bicyclic) bond motifs is 3. The number of aryl methyl sites for hydroxylation is 3. The van der Waals surface area contributed by atoms with Crippen LogP contribution in [-0.4, -0.2) is 36.8 Å². The maximum absolute atomic E-state index is 13.2. The number of aromatic nitrogens is 5. The van der Waals surface area contributed by atoms with E-state index in [0.717, 1.165) is 23.5 Å². The standard InChI is InChI=1S/C21H25N5O3/c1-6-15-7-9-16(10-8-15)25-13(2)14(3)26-17-18(22-20(25)26)23(4)21(28)24(19(17)27)11-12-29-5/h7-10H,6,11-12H2,1-5H3. The van der Waals surface area contributed by atoms with Gasteiger partial charge >= 0.3 is 5.69 Å². The summed E-state index contributed by atoms with van der Waals surface area (Å²) in [4.78, 5) is 30.6. The molecule has 152 valence electrons. The summed E-state index contributed by atoms with van der Waals surface area (Å²) in [7, 11) is 3.19. The van der Waals surface area contributed by atoms with Crippen molar-refractivity contribution in [3.8, 4) is 5.69 Å². The minimum Gasteiger partial charge on any atom is -0.383 e. The summed E-state index contributed by atoms with van der Waals surface area (Å²) >= 11 is 0. The van der Waals surface area contributed by atoms with Crippen LogP contribution < -0.4 is 11.2 Å². The van der Waals surface area contributed by atoms with Crippen LogP contribution in [0.5, 0.6) is 0 Å². The van der Waals surface area contributed by atoms with E-state index in [0.29, 0.717) is 16.9 Å². The fraction of sp³-hybridized carbons (Fsp3) is 0.381. The van der Waals surface area contributed by atoms with Crippen LogP contribution in [0.2, 0.25) is 0 Å². The number of ether oxygens (including phenoxy) is 1. The second-order valence-corrected chi connectivity index (χ2v) is 7.24. The Balaban J connectivity index is 2.09. The molecule has 4 aromatic rings. The van der Waals surface area contributed by atoms with Gasteiger partial charge in [0.1, 0.15) is 0 Å². The van der Waals surface area contributed by atoms with Crippen LogP contribution in [0.3, 0.4) is 0 Å².